The molecule has 0 radical (unpaired) electrons. The highest BCUT2D eigenvalue weighted by atomic mass is 79.9. The molecule has 3 nitrogen and oxygen atoms in total. The van der Waals surface area contributed by atoms with Crippen LogP contribution in [0.25, 0.3) is 0 Å². The lowest BCUT2D eigenvalue weighted by Crippen LogP contribution is -2.33. The number of hydrogen-bond donors (Lipinski definition) is 1. The van der Waals surface area contributed by atoms with Gasteiger partial charge in [0.1, 0.15) is 5.82 Å². The predicted molar refractivity (Wildman–Crippen MR) is 102 cm³/mol. The van der Waals surface area contributed by atoms with E-state index in [2.05, 4.69) is 33.1 Å². The number of nitrogens with zero attached hydrogens (tertiary/aromatic N) is 1. The highest BCUT2D eigenvalue weighted by Crippen LogP contribution is 2.21. The largest absolute Gasteiger partial charge is 0.319 e. The molecule has 0 spiro atoms. The van der Waals surface area contributed by atoms with Gasteiger partial charge in [-0.2, -0.15) is 0 Å². The molecular formula is C20H22BrFN2O. The molecule has 1 atom stereocenters. The van der Waals surface area contributed by atoms with E-state index < -0.39 is 5.82 Å². The Balaban J connectivity index is 1.62. The quantitative estimate of drug-likeness (QED) is 0.770. The van der Waals surface area contributed by atoms with Gasteiger partial charge in [-0.05, 0) is 61.2 Å². The van der Waals surface area contributed by atoms with Gasteiger partial charge in [0, 0.05) is 23.1 Å². The topological polar surface area (TPSA) is 32.3 Å². The van der Waals surface area contributed by atoms with E-state index in [9.17, 15) is 9.18 Å². The van der Waals surface area contributed by atoms with E-state index >= 15 is 0 Å². The van der Waals surface area contributed by atoms with Crippen molar-refractivity contribution in [3.05, 3.63) is 63.9 Å². The molecule has 2 aromatic rings. The first-order chi connectivity index (χ1) is 12.0. The number of carbonyl (C=O) groups excluding carboxylic acids is 1. The zero-order valence-electron chi connectivity index (χ0n) is 14.3. The zero-order chi connectivity index (χ0) is 17.8. The van der Waals surface area contributed by atoms with Crippen LogP contribution < -0.4 is 5.32 Å². The summed E-state index contributed by atoms with van der Waals surface area (Å²) in [5, 5.41) is 2.62. The Hall–Kier alpha value is -1.72. The van der Waals surface area contributed by atoms with E-state index in [-0.39, 0.29) is 11.6 Å². The number of anilines is 1. The van der Waals surface area contributed by atoms with Crippen LogP contribution in [-0.2, 0) is 6.54 Å². The highest BCUT2D eigenvalue weighted by molar-refractivity contribution is 9.10. The maximum absolute atomic E-state index is 13.8. The van der Waals surface area contributed by atoms with Crippen molar-refractivity contribution >= 4 is 27.5 Å². The Morgan fingerprint density at radius 2 is 2.04 bits per heavy atom. The normalized spacial score (nSPS) is 18.1. The van der Waals surface area contributed by atoms with E-state index in [1.165, 1.54) is 24.5 Å². The number of likely N-dealkylation sites (tertiary alicyclic amines) is 1. The molecule has 0 unspecified atom stereocenters. The fraction of sp³-hybridized carbons (Fsp3) is 0.350. The summed E-state index contributed by atoms with van der Waals surface area (Å²) in [6.07, 6.45) is 2.56. The van der Waals surface area contributed by atoms with E-state index in [1.807, 2.05) is 12.1 Å². The van der Waals surface area contributed by atoms with Crippen molar-refractivity contribution in [2.75, 3.05) is 18.4 Å². The van der Waals surface area contributed by atoms with Gasteiger partial charge in [0.2, 0.25) is 0 Å². The third-order valence-electron chi connectivity index (χ3n) is 4.54. The molecule has 1 amide bonds. The van der Waals surface area contributed by atoms with E-state index in [0.717, 1.165) is 25.6 Å². The SMILES string of the molecule is C[C@H]1CCCN(Cc2ccc(C(=O)Nc3ccc(Br)cc3F)cc2)C1. The fourth-order valence-corrected chi connectivity index (χ4v) is 3.57. The van der Waals surface area contributed by atoms with Gasteiger partial charge in [-0.3, -0.25) is 9.69 Å². The van der Waals surface area contributed by atoms with Gasteiger partial charge in [0.05, 0.1) is 5.69 Å². The number of rotatable bonds is 4. The first-order valence-corrected chi connectivity index (χ1v) is 9.38. The third kappa shape index (κ3) is 4.89. The van der Waals surface area contributed by atoms with Crippen molar-refractivity contribution < 1.29 is 9.18 Å². The zero-order valence-corrected chi connectivity index (χ0v) is 15.9. The maximum atomic E-state index is 13.8. The van der Waals surface area contributed by atoms with Crippen molar-refractivity contribution in [3.63, 3.8) is 0 Å². The second-order valence-corrected chi connectivity index (χ2v) is 7.67. The Morgan fingerprint density at radius 3 is 2.72 bits per heavy atom. The standard InChI is InChI=1S/C20H22BrFN2O/c1-14-3-2-10-24(12-14)13-15-4-6-16(7-5-15)20(25)23-19-9-8-17(21)11-18(19)22/h4-9,11,14H,2-3,10,12-13H2,1H3,(H,23,25)/t14-/m0/s1. The fourth-order valence-electron chi connectivity index (χ4n) is 3.24. The average molecular weight is 405 g/mol. The summed E-state index contributed by atoms with van der Waals surface area (Å²) in [6.45, 7) is 5.47. The molecule has 1 aliphatic heterocycles. The van der Waals surface area contributed by atoms with Crippen LogP contribution in [0.4, 0.5) is 10.1 Å². The van der Waals surface area contributed by atoms with Gasteiger partial charge in [-0.15, -0.1) is 0 Å². The van der Waals surface area contributed by atoms with Crippen LogP contribution in [0.1, 0.15) is 35.7 Å². The Labute approximate surface area is 156 Å². The molecule has 0 aliphatic carbocycles. The third-order valence-corrected chi connectivity index (χ3v) is 5.04. The Bertz CT molecular complexity index is 748. The van der Waals surface area contributed by atoms with Gasteiger partial charge in [0.25, 0.3) is 5.91 Å². The minimum absolute atomic E-state index is 0.180. The average Bonchev–Trinajstić information content (AvgIpc) is 2.58. The molecule has 1 aliphatic rings. The molecule has 2 aromatic carbocycles. The van der Waals surface area contributed by atoms with Crippen LogP contribution in [0.5, 0.6) is 0 Å². The van der Waals surface area contributed by atoms with Crippen LogP contribution in [0, 0.1) is 11.7 Å². The molecule has 0 aromatic heterocycles. The van der Waals surface area contributed by atoms with E-state index in [0.29, 0.717) is 10.0 Å². The number of nitrogens with one attached hydrogen (secondary N) is 1. The molecule has 1 fully saturated rings. The smallest absolute Gasteiger partial charge is 0.255 e. The number of amides is 1. The summed E-state index contributed by atoms with van der Waals surface area (Å²) in [5.41, 5.74) is 1.90. The van der Waals surface area contributed by atoms with Crippen LogP contribution in [0.15, 0.2) is 46.9 Å². The number of benzene rings is 2. The second kappa shape index (κ2) is 8.11. The molecule has 1 N–H and O–H groups in total. The lowest BCUT2D eigenvalue weighted by atomic mass is 9.99. The lowest BCUT2D eigenvalue weighted by Gasteiger charge is -2.30. The van der Waals surface area contributed by atoms with Crippen LogP contribution in [0.3, 0.4) is 0 Å². The second-order valence-electron chi connectivity index (χ2n) is 6.76. The maximum Gasteiger partial charge on any atom is 0.255 e. The Kier molecular flexibility index (Phi) is 5.86. The number of carbonyl (C=O) groups is 1. The minimum atomic E-state index is -0.460. The van der Waals surface area contributed by atoms with Gasteiger partial charge < -0.3 is 5.32 Å². The summed E-state index contributed by atoms with van der Waals surface area (Å²) in [5.74, 6) is -0.0162. The predicted octanol–water partition coefficient (Wildman–Crippen LogP) is 5.07. The van der Waals surface area contributed by atoms with Crippen LogP contribution >= 0.6 is 15.9 Å². The van der Waals surface area contributed by atoms with Crippen molar-refractivity contribution in [3.8, 4) is 0 Å². The van der Waals surface area contributed by atoms with Gasteiger partial charge in [-0.1, -0.05) is 35.0 Å². The molecule has 132 valence electrons. The molecule has 25 heavy (non-hydrogen) atoms. The molecule has 3 rings (SSSR count). The van der Waals surface area contributed by atoms with Gasteiger partial charge >= 0.3 is 0 Å². The van der Waals surface area contributed by atoms with Crippen molar-refractivity contribution in [1.82, 2.24) is 4.90 Å². The summed E-state index contributed by atoms with van der Waals surface area (Å²) in [7, 11) is 0. The first kappa shape index (κ1) is 18.1. The highest BCUT2D eigenvalue weighted by Gasteiger charge is 2.16. The number of hydrogen-bond acceptors (Lipinski definition) is 2. The number of piperidine rings is 1. The molecule has 0 bridgehead atoms. The van der Waals surface area contributed by atoms with Crippen molar-refractivity contribution in [1.29, 1.82) is 0 Å². The lowest BCUT2D eigenvalue weighted by molar-refractivity contribution is 0.102. The molecule has 0 saturated carbocycles. The Morgan fingerprint density at radius 1 is 1.28 bits per heavy atom. The van der Waals surface area contributed by atoms with Crippen molar-refractivity contribution in [2.24, 2.45) is 5.92 Å². The van der Waals surface area contributed by atoms with Crippen molar-refractivity contribution in [2.45, 2.75) is 26.3 Å². The van der Waals surface area contributed by atoms with Gasteiger partial charge in [0.15, 0.2) is 0 Å². The molecular weight excluding hydrogens is 383 g/mol. The first-order valence-electron chi connectivity index (χ1n) is 8.59. The summed E-state index contributed by atoms with van der Waals surface area (Å²) in [4.78, 5) is 14.8. The van der Waals surface area contributed by atoms with Crippen LogP contribution in [-0.4, -0.2) is 23.9 Å². The van der Waals surface area contributed by atoms with Crippen LogP contribution in [0.2, 0.25) is 0 Å². The van der Waals surface area contributed by atoms with E-state index in [1.54, 1.807) is 24.3 Å². The molecule has 5 heteroatoms. The van der Waals surface area contributed by atoms with E-state index in [4.69, 9.17) is 0 Å². The monoisotopic (exact) mass is 404 g/mol. The minimum Gasteiger partial charge on any atom is -0.319 e. The summed E-state index contributed by atoms with van der Waals surface area (Å²) >= 11 is 3.20. The molecule has 1 saturated heterocycles. The summed E-state index contributed by atoms with van der Waals surface area (Å²) < 4.78 is 14.5. The van der Waals surface area contributed by atoms with Gasteiger partial charge in [-0.25, -0.2) is 4.39 Å². The number of halogens is 2. The summed E-state index contributed by atoms with van der Waals surface area (Å²) in [6, 6.07) is 12.1. The molecule has 1 heterocycles.